The van der Waals surface area contributed by atoms with Crippen molar-refractivity contribution in [3.8, 4) is 0 Å². The van der Waals surface area contributed by atoms with Gasteiger partial charge in [-0.15, -0.1) is 0 Å². The molecule has 0 spiro atoms. The first kappa shape index (κ1) is 25.5. The summed E-state index contributed by atoms with van der Waals surface area (Å²) in [6.45, 7) is 28.7. The van der Waals surface area contributed by atoms with Crippen LogP contribution in [-0.4, -0.2) is 13.9 Å². The number of hydrogen-bond donors (Lipinski definition) is 0. The van der Waals surface area contributed by atoms with Gasteiger partial charge in [-0.05, 0) is 21.8 Å². The molecule has 25 heavy (non-hydrogen) atoms. The smallest absolute Gasteiger partial charge is 0.508 e. The molecule has 1 aromatic rings. The van der Waals surface area contributed by atoms with Gasteiger partial charge in [0.15, 0.2) is 0 Å². The molecule has 0 fully saturated rings. The van der Waals surface area contributed by atoms with E-state index in [1.807, 2.05) is 0 Å². The normalized spacial score (nSPS) is 14.1. The minimum absolute atomic E-state index is 0. The molecule has 0 atom stereocenters. The first-order valence-corrected chi connectivity index (χ1v) is 14.1. The molecule has 0 radical (unpaired) electrons. The fourth-order valence-corrected chi connectivity index (χ4v) is 6.37. The van der Waals surface area contributed by atoms with Crippen LogP contribution in [0.5, 0.6) is 0 Å². The molecule has 1 aromatic carbocycles. The zero-order chi connectivity index (χ0) is 19.1. The second-order valence-corrected chi connectivity index (χ2v) is 18.7. The Labute approximate surface area is 173 Å². The Hall–Kier alpha value is 0.464. The van der Waals surface area contributed by atoms with Crippen LogP contribution in [0.3, 0.4) is 0 Å². The first-order valence-electron chi connectivity index (χ1n) is 9.30. The number of rotatable bonds is 3. The van der Waals surface area contributed by atoms with E-state index in [2.05, 4.69) is 94.1 Å². The summed E-state index contributed by atoms with van der Waals surface area (Å²) in [5.41, 5.74) is 5.14. The van der Waals surface area contributed by atoms with E-state index in [1.165, 1.54) is 19.9 Å². The van der Waals surface area contributed by atoms with Crippen molar-refractivity contribution in [3.63, 3.8) is 0 Å². The van der Waals surface area contributed by atoms with Gasteiger partial charge in [0.1, 0.15) is 0 Å². The van der Waals surface area contributed by atoms with E-state index in [4.69, 9.17) is 0 Å². The maximum atomic E-state index is 2.50. The van der Waals surface area contributed by atoms with Gasteiger partial charge in [0, 0.05) is 8.07 Å². The van der Waals surface area contributed by atoms with Gasteiger partial charge < -0.3 is 8.58 Å². The van der Waals surface area contributed by atoms with Crippen LogP contribution in [0.2, 0.25) is 19.6 Å². The average molecular weight is 371 g/mol. The Morgan fingerprint density at radius 3 is 1.32 bits per heavy atom. The molecule has 0 aliphatic carbocycles. The molecule has 0 nitrogen and oxygen atoms in total. The van der Waals surface area contributed by atoms with Crippen LogP contribution < -0.4 is 24.2 Å². The van der Waals surface area contributed by atoms with E-state index < -0.39 is 8.07 Å². The second-order valence-electron chi connectivity index (χ2n) is 11.5. The van der Waals surface area contributed by atoms with E-state index in [9.17, 15) is 0 Å². The molecule has 0 aliphatic heterocycles. The third-order valence-corrected chi connectivity index (χ3v) is 9.53. The van der Waals surface area contributed by atoms with E-state index in [-0.39, 0.29) is 35.1 Å². The Balaban J connectivity index is 0.00000576. The predicted octanol–water partition coefficient (Wildman–Crippen LogP) is 4.03. The van der Waals surface area contributed by atoms with Crippen molar-refractivity contribution in [3.05, 3.63) is 28.8 Å². The van der Waals surface area contributed by atoms with Crippen molar-refractivity contribution in [2.24, 2.45) is 0 Å². The Morgan fingerprint density at radius 2 is 1.08 bits per heavy atom. The summed E-state index contributed by atoms with van der Waals surface area (Å²) in [5.74, 6) is 1.34. The van der Waals surface area contributed by atoms with Crippen molar-refractivity contribution >= 4 is 22.0 Å². The summed E-state index contributed by atoms with van der Waals surface area (Å²) in [7, 11) is 0.462. The summed E-state index contributed by atoms with van der Waals surface area (Å²) in [4.78, 5) is 0. The van der Waals surface area contributed by atoms with Crippen LogP contribution in [0.4, 0.5) is 0 Å². The van der Waals surface area contributed by atoms with Gasteiger partial charge in [-0.1, -0.05) is 105 Å². The molecule has 1 rings (SSSR count). The largest absolute Gasteiger partial charge is 1.00 e. The minimum Gasteiger partial charge on any atom is -0.508 e. The van der Waals surface area contributed by atoms with Crippen molar-refractivity contribution in [2.45, 2.75) is 98.2 Å². The van der Waals surface area contributed by atoms with E-state index in [0.29, 0.717) is 0 Å². The molecule has 138 valence electrons. The molecule has 0 N–H and O–H groups in total. The molecule has 0 unspecified atom stereocenters. The molecule has 3 heteroatoms. The third kappa shape index (κ3) is 7.54. The summed E-state index contributed by atoms with van der Waals surface area (Å²) in [6, 6.07) is 5.00. The van der Waals surface area contributed by atoms with Gasteiger partial charge in [-0.3, -0.25) is 0 Å². The molecule has 0 saturated carbocycles. The molecule has 0 saturated heterocycles. The van der Waals surface area contributed by atoms with Gasteiger partial charge in [-0.25, -0.2) is 0 Å². The van der Waals surface area contributed by atoms with Gasteiger partial charge >= 0.3 is 18.9 Å². The third-order valence-electron chi connectivity index (χ3n) is 4.30. The number of hydrogen-bond acceptors (Lipinski definition) is 0. The van der Waals surface area contributed by atoms with Crippen molar-refractivity contribution < 1.29 is 18.9 Å². The molecule has 0 aromatic heterocycles. The van der Waals surface area contributed by atoms with E-state index in [0.717, 1.165) is 0 Å². The molecule has 0 heterocycles. The van der Waals surface area contributed by atoms with Crippen LogP contribution in [-0.2, 0) is 16.2 Å². The minimum atomic E-state index is -1.07. The SMILES string of the molecule is CC(C)(C)c1cc(C(C)(C)C)c([P-]C[Si](C)(C)C)c(C(C)(C)C)c1.[Li+]. The molecular weight excluding hydrogens is 330 g/mol. The Bertz CT molecular complexity index is 543. The molecule has 0 aliphatic rings. The quantitative estimate of drug-likeness (QED) is 0.557. The van der Waals surface area contributed by atoms with Crippen LogP contribution in [0.15, 0.2) is 12.1 Å². The van der Waals surface area contributed by atoms with Crippen LogP contribution in [0, 0.1) is 0 Å². The predicted molar refractivity (Wildman–Crippen MR) is 117 cm³/mol. The van der Waals surface area contributed by atoms with Gasteiger partial charge in [-0.2, -0.15) is 11.1 Å². The molecular formula is C22H40LiPSi. The van der Waals surface area contributed by atoms with E-state index >= 15 is 0 Å². The maximum absolute atomic E-state index is 2.50. The van der Waals surface area contributed by atoms with E-state index in [1.54, 1.807) is 16.4 Å². The van der Waals surface area contributed by atoms with Crippen LogP contribution in [0.25, 0.3) is 0 Å². The molecule has 0 bridgehead atoms. The second kappa shape index (κ2) is 8.23. The monoisotopic (exact) mass is 370 g/mol. The van der Waals surface area contributed by atoms with Crippen molar-refractivity contribution in [2.75, 3.05) is 5.79 Å². The topological polar surface area (TPSA) is 0 Å². The van der Waals surface area contributed by atoms with Gasteiger partial charge in [0.25, 0.3) is 0 Å². The maximum Gasteiger partial charge on any atom is 1.00 e. The summed E-state index contributed by atoms with van der Waals surface area (Å²) >= 11 is 0. The van der Waals surface area contributed by atoms with Crippen LogP contribution >= 0.6 is 8.58 Å². The van der Waals surface area contributed by atoms with Crippen molar-refractivity contribution in [1.82, 2.24) is 0 Å². The van der Waals surface area contributed by atoms with Crippen LogP contribution in [0.1, 0.15) is 79.0 Å². The Kier molecular flexibility index (Phi) is 8.38. The molecule has 0 amide bonds. The zero-order valence-corrected chi connectivity index (χ0v) is 21.2. The van der Waals surface area contributed by atoms with Gasteiger partial charge in [0.2, 0.25) is 0 Å². The standard InChI is InChI=1S/C22H40PSi.Li/c1-20(2,3)16-13-17(21(4,5)6)19(23-15-24(10,11)12)18(14-16)22(7,8)9;/h13-14H,15H2,1-12H3;/q-1;+1. The summed E-state index contributed by atoms with van der Waals surface area (Å²) in [5, 5.41) is 1.60. The van der Waals surface area contributed by atoms with Crippen molar-refractivity contribution in [1.29, 1.82) is 0 Å². The number of benzene rings is 1. The van der Waals surface area contributed by atoms with Gasteiger partial charge in [0.05, 0.1) is 0 Å². The fraction of sp³-hybridized carbons (Fsp3) is 0.727. The fourth-order valence-electron chi connectivity index (χ4n) is 2.70. The summed E-state index contributed by atoms with van der Waals surface area (Å²) < 4.78 is 0. The zero-order valence-electron chi connectivity index (χ0n) is 19.3. The average Bonchev–Trinajstić information content (AvgIpc) is 2.30. The first-order chi connectivity index (χ1) is 10.4. The Morgan fingerprint density at radius 1 is 0.720 bits per heavy atom. The summed E-state index contributed by atoms with van der Waals surface area (Å²) in [6.07, 6.45) is 0.